The van der Waals surface area contributed by atoms with Crippen molar-refractivity contribution in [3.05, 3.63) is 10.6 Å². The van der Waals surface area contributed by atoms with Crippen LogP contribution in [0.15, 0.2) is 10.6 Å². The monoisotopic (exact) mass is 189 g/mol. The summed E-state index contributed by atoms with van der Waals surface area (Å²) in [5.41, 5.74) is 0. The lowest BCUT2D eigenvalue weighted by atomic mass is 10.3. The number of amides is 1. The van der Waals surface area contributed by atoms with Crippen LogP contribution < -0.4 is 0 Å². The molecule has 0 aliphatic carbocycles. The molecular formula is C6H8BrNO. The van der Waals surface area contributed by atoms with Crippen LogP contribution in [0.3, 0.4) is 0 Å². The van der Waals surface area contributed by atoms with E-state index >= 15 is 0 Å². The Hall–Kier alpha value is -0.310. The van der Waals surface area contributed by atoms with Crippen LogP contribution in [0.2, 0.25) is 0 Å². The molecule has 0 radical (unpaired) electrons. The number of likely N-dealkylation sites (N-methyl/N-ethyl adjacent to an activating group) is 1. The molecule has 3 heteroatoms. The molecule has 0 atom stereocenters. The molecule has 1 aliphatic rings. The molecule has 0 fully saturated rings. The van der Waals surface area contributed by atoms with E-state index in [1.54, 1.807) is 11.9 Å². The second kappa shape index (κ2) is 2.52. The van der Waals surface area contributed by atoms with Crippen molar-refractivity contribution in [1.29, 1.82) is 0 Å². The Morgan fingerprint density at radius 2 is 2.44 bits per heavy atom. The van der Waals surface area contributed by atoms with Crippen molar-refractivity contribution in [3.8, 4) is 0 Å². The predicted octanol–water partition coefficient (Wildman–Crippen LogP) is 1.13. The van der Waals surface area contributed by atoms with E-state index in [0.717, 1.165) is 13.0 Å². The Morgan fingerprint density at radius 3 is 2.89 bits per heavy atom. The molecule has 1 rings (SSSR count). The fourth-order valence-corrected chi connectivity index (χ4v) is 1.29. The van der Waals surface area contributed by atoms with Crippen molar-refractivity contribution in [2.45, 2.75) is 6.42 Å². The van der Waals surface area contributed by atoms with Crippen LogP contribution in [0, 0.1) is 0 Å². The zero-order valence-corrected chi connectivity index (χ0v) is 6.81. The van der Waals surface area contributed by atoms with E-state index in [2.05, 4.69) is 15.9 Å². The molecule has 0 saturated carbocycles. The molecule has 1 aliphatic heterocycles. The smallest absolute Gasteiger partial charge is 0.260 e. The highest BCUT2D eigenvalue weighted by Gasteiger charge is 2.14. The van der Waals surface area contributed by atoms with Gasteiger partial charge in [-0.25, -0.2) is 0 Å². The van der Waals surface area contributed by atoms with Gasteiger partial charge in [0.1, 0.15) is 0 Å². The maximum Gasteiger partial charge on any atom is 0.260 e. The van der Waals surface area contributed by atoms with Gasteiger partial charge in [-0.15, -0.1) is 0 Å². The van der Waals surface area contributed by atoms with Crippen molar-refractivity contribution < 1.29 is 4.79 Å². The maximum absolute atomic E-state index is 10.9. The molecule has 0 bridgehead atoms. The van der Waals surface area contributed by atoms with Crippen LogP contribution in [-0.4, -0.2) is 24.4 Å². The van der Waals surface area contributed by atoms with Gasteiger partial charge in [-0.3, -0.25) is 4.79 Å². The first-order valence-corrected chi connectivity index (χ1v) is 3.62. The standard InChI is InChI=1S/C6H8BrNO/c1-8-4-2-3-5(7)6(8)9/h3H,2,4H2,1H3. The van der Waals surface area contributed by atoms with Crippen molar-refractivity contribution in [2.75, 3.05) is 13.6 Å². The van der Waals surface area contributed by atoms with Gasteiger partial charge in [0.25, 0.3) is 5.91 Å². The molecule has 2 nitrogen and oxygen atoms in total. The summed E-state index contributed by atoms with van der Waals surface area (Å²) in [7, 11) is 1.80. The molecule has 0 N–H and O–H groups in total. The highest BCUT2D eigenvalue weighted by molar-refractivity contribution is 9.12. The summed E-state index contributed by atoms with van der Waals surface area (Å²) in [6, 6.07) is 0. The molecule has 0 spiro atoms. The second-order valence-corrected chi connectivity index (χ2v) is 2.92. The highest BCUT2D eigenvalue weighted by Crippen LogP contribution is 2.14. The molecule has 0 saturated heterocycles. The van der Waals surface area contributed by atoms with E-state index in [-0.39, 0.29) is 5.91 Å². The van der Waals surface area contributed by atoms with Crippen molar-refractivity contribution in [1.82, 2.24) is 4.90 Å². The quantitative estimate of drug-likeness (QED) is 0.560. The zero-order chi connectivity index (χ0) is 6.85. The minimum absolute atomic E-state index is 0.0845. The molecular weight excluding hydrogens is 182 g/mol. The van der Waals surface area contributed by atoms with Crippen molar-refractivity contribution >= 4 is 21.8 Å². The van der Waals surface area contributed by atoms with E-state index in [1.807, 2.05) is 6.08 Å². The second-order valence-electron chi connectivity index (χ2n) is 2.07. The Labute approximate surface area is 62.7 Å². The van der Waals surface area contributed by atoms with E-state index in [0.29, 0.717) is 4.48 Å². The van der Waals surface area contributed by atoms with Gasteiger partial charge in [0, 0.05) is 13.6 Å². The van der Waals surface area contributed by atoms with Gasteiger partial charge < -0.3 is 4.90 Å². The van der Waals surface area contributed by atoms with Crippen molar-refractivity contribution in [3.63, 3.8) is 0 Å². The number of hydrogen-bond donors (Lipinski definition) is 0. The summed E-state index contributed by atoms with van der Waals surface area (Å²) in [6.45, 7) is 0.841. The first kappa shape index (κ1) is 6.81. The minimum Gasteiger partial charge on any atom is -0.341 e. The summed E-state index contributed by atoms with van der Waals surface area (Å²) in [6.07, 6.45) is 2.87. The van der Waals surface area contributed by atoms with Crippen LogP contribution in [0.5, 0.6) is 0 Å². The Bertz CT molecular complexity index is 164. The van der Waals surface area contributed by atoms with Gasteiger partial charge in [0.2, 0.25) is 0 Å². The van der Waals surface area contributed by atoms with Gasteiger partial charge in [-0.05, 0) is 22.4 Å². The molecule has 9 heavy (non-hydrogen) atoms. The molecule has 0 unspecified atom stereocenters. The number of hydrogen-bond acceptors (Lipinski definition) is 1. The average Bonchev–Trinajstić information content (AvgIpc) is 1.83. The van der Waals surface area contributed by atoms with Gasteiger partial charge in [0.05, 0.1) is 4.48 Å². The lowest BCUT2D eigenvalue weighted by molar-refractivity contribution is -0.125. The first-order valence-electron chi connectivity index (χ1n) is 2.83. The van der Waals surface area contributed by atoms with Gasteiger partial charge >= 0.3 is 0 Å². The normalized spacial score (nSPS) is 20.0. The number of halogens is 1. The summed E-state index contributed by atoms with van der Waals surface area (Å²) < 4.78 is 0.691. The number of carbonyl (C=O) groups is 1. The summed E-state index contributed by atoms with van der Waals surface area (Å²) in [4.78, 5) is 12.6. The first-order chi connectivity index (χ1) is 4.22. The van der Waals surface area contributed by atoms with E-state index in [4.69, 9.17) is 0 Å². The third-order valence-corrected chi connectivity index (χ3v) is 2.00. The van der Waals surface area contributed by atoms with Crippen LogP contribution in [0.4, 0.5) is 0 Å². The minimum atomic E-state index is 0.0845. The van der Waals surface area contributed by atoms with Gasteiger partial charge in [-0.1, -0.05) is 6.08 Å². The summed E-state index contributed by atoms with van der Waals surface area (Å²) >= 11 is 3.16. The molecule has 1 heterocycles. The average molecular weight is 190 g/mol. The molecule has 50 valence electrons. The van der Waals surface area contributed by atoms with E-state index in [9.17, 15) is 4.79 Å². The Balaban J connectivity index is 2.74. The Morgan fingerprint density at radius 1 is 1.78 bits per heavy atom. The molecule has 1 amide bonds. The third kappa shape index (κ3) is 1.33. The predicted molar refractivity (Wildman–Crippen MR) is 39.3 cm³/mol. The van der Waals surface area contributed by atoms with E-state index < -0.39 is 0 Å². The zero-order valence-electron chi connectivity index (χ0n) is 5.22. The van der Waals surface area contributed by atoms with E-state index in [1.165, 1.54) is 0 Å². The van der Waals surface area contributed by atoms with Crippen LogP contribution in [0.25, 0.3) is 0 Å². The van der Waals surface area contributed by atoms with Crippen LogP contribution in [0.1, 0.15) is 6.42 Å². The maximum atomic E-state index is 10.9. The fourth-order valence-electron chi connectivity index (χ4n) is 0.756. The Kier molecular flexibility index (Phi) is 1.90. The lowest BCUT2D eigenvalue weighted by Gasteiger charge is -2.19. The summed E-state index contributed by atoms with van der Waals surface area (Å²) in [5, 5.41) is 0. The molecule has 0 aromatic rings. The largest absolute Gasteiger partial charge is 0.341 e. The van der Waals surface area contributed by atoms with Crippen molar-refractivity contribution in [2.24, 2.45) is 0 Å². The van der Waals surface area contributed by atoms with Crippen LogP contribution >= 0.6 is 15.9 Å². The SMILES string of the molecule is CN1CCC=C(Br)C1=O. The number of nitrogens with zero attached hydrogens (tertiary/aromatic N) is 1. The topological polar surface area (TPSA) is 20.3 Å². The van der Waals surface area contributed by atoms with Gasteiger partial charge in [-0.2, -0.15) is 0 Å². The number of carbonyl (C=O) groups excluding carboxylic acids is 1. The fraction of sp³-hybridized carbons (Fsp3) is 0.500. The van der Waals surface area contributed by atoms with Crippen LogP contribution in [-0.2, 0) is 4.79 Å². The summed E-state index contributed by atoms with van der Waals surface area (Å²) in [5.74, 6) is 0.0845. The van der Waals surface area contributed by atoms with Gasteiger partial charge in [0.15, 0.2) is 0 Å². The number of rotatable bonds is 0. The third-order valence-electron chi connectivity index (χ3n) is 1.34. The highest BCUT2D eigenvalue weighted by atomic mass is 79.9. The molecule has 0 aromatic heterocycles. The lowest BCUT2D eigenvalue weighted by Crippen LogP contribution is -2.30. The molecule has 0 aromatic carbocycles.